The second-order valence-electron chi connectivity index (χ2n) is 5.13. The molecule has 1 unspecified atom stereocenters. The van der Waals surface area contributed by atoms with E-state index in [0.29, 0.717) is 5.56 Å². The molecule has 0 spiro atoms. The first kappa shape index (κ1) is 14.5. The molecule has 20 heavy (non-hydrogen) atoms. The number of carbonyl (C=O) groups is 1. The van der Waals surface area contributed by atoms with E-state index in [1.165, 1.54) is 12.1 Å². The van der Waals surface area contributed by atoms with Crippen molar-refractivity contribution in [2.45, 2.75) is 31.7 Å². The molecule has 0 aromatic heterocycles. The summed E-state index contributed by atoms with van der Waals surface area (Å²) in [6.45, 7) is 3.55. The number of non-ortho nitro benzene ring substituents is 1. The summed E-state index contributed by atoms with van der Waals surface area (Å²) >= 11 is 0. The van der Waals surface area contributed by atoms with Crippen molar-refractivity contribution in [1.82, 2.24) is 10.6 Å². The Morgan fingerprint density at radius 1 is 1.55 bits per heavy atom. The Labute approximate surface area is 117 Å². The number of amides is 1. The van der Waals surface area contributed by atoms with E-state index in [1.54, 1.807) is 19.1 Å². The average molecular weight is 277 g/mol. The van der Waals surface area contributed by atoms with Crippen molar-refractivity contribution >= 4 is 11.6 Å². The zero-order valence-corrected chi connectivity index (χ0v) is 11.5. The van der Waals surface area contributed by atoms with E-state index in [9.17, 15) is 14.9 Å². The van der Waals surface area contributed by atoms with E-state index in [0.717, 1.165) is 25.9 Å². The van der Waals surface area contributed by atoms with Crippen LogP contribution >= 0.6 is 0 Å². The maximum Gasteiger partial charge on any atom is 0.269 e. The van der Waals surface area contributed by atoms with Crippen LogP contribution in [0.15, 0.2) is 24.3 Å². The zero-order valence-electron chi connectivity index (χ0n) is 11.5. The average Bonchev–Trinajstić information content (AvgIpc) is 2.47. The summed E-state index contributed by atoms with van der Waals surface area (Å²) in [6, 6.07) is 6.40. The Morgan fingerprint density at radius 2 is 2.35 bits per heavy atom. The Bertz CT molecular complexity index is 498. The maximum atomic E-state index is 12.2. The molecule has 108 valence electrons. The van der Waals surface area contributed by atoms with Gasteiger partial charge >= 0.3 is 0 Å². The quantitative estimate of drug-likeness (QED) is 0.646. The molecule has 1 saturated heterocycles. The van der Waals surface area contributed by atoms with Crippen LogP contribution in [0.4, 0.5) is 5.69 Å². The largest absolute Gasteiger partial charge is 0.352 e. The number of piperidine rings is 1. The molecule has 1 heterocycles. The number of hydrogen-bond acceptors (Lipinski definition) is 4. The normalized spacial score (nSPS) is 20.1. The Kier molecular flexibility index (Phi) is 4.68. The summed E-state index contributed by atoms with van der Waals surface area (Å²) in [4.78, 5) is 22.5. The number of carbonyl (C=O) groups excluding carboxylic acids is 1. The van der Waals surface area contributed by atoms with Gasteiger partial charge in [-0.1, -0.05) is 12.1 Å². The fourth-order valence-corrected chi connectivity index (χ4v) is 2.36. The van der Waals surface area contributed by atoms with E-state index in [-0.39, 0.29) is 17.6 Å². The molecule has 6 nitrogen and oxygen atoms in total. The lowest BCUT2D eigenvalue weighted by atomic mass is 9.98. The minimum Gasteiger partial charge on any atom is -0.352 e. The molecule has 1 aromatic carbocycles. The summed E-state index contributed by atoms with van der Waals surface area (Å²) in [7, 11) is 0. The standard InChI is InChI=1S/C14H19N3O3/c1-10(11-4-2-6-13(8-11)17(19)20)14(18)16-12-5-3-7-15-9-12/h2,4,6,8,10,12,15H,3,5,7,9H2,1H3,(H,16,18)/t10?,12-/m1/s1. The lowest BCUT2D eigenvalue weighted by Crippen LogP contribution is -2.46. The lowest BCUT2D eigenvalue weighted by Gasteiger charge is -2.25. The van der Waals surface area contributed by atoms with E-state index >= 15 is 0 Å². The minimum atomic E-state index is -0.445. The molecule has 0 saturated carbocycles. The topological polar surface area (TPSA) is 84.3 Å². The second kappa shape index (κ2) is 6.47. The van der Waals surface area contributed by atoms with Gasteiger partial charge in [-0.15, -0.1) is 0 Å². The van der Waals surface area contributed by atoms with Crippen molar-refractivity contribution in [3.05, 3.63) is 39.9 Å². The van der Waals surface area contributed by atoms with Crippen molar-refractivity contribution in [3.63, 3.8) is 0 Å². The van der Waals surface area contributed by atoms with Crippen molar-refractivity contribution < 1.29 is 9.72 Å². The molecule has 0 aliphatic carbocycles. The van der Waals surface area contributed by atoms with Crippen LogP contribution in [0, 0.1) is 10.1 Å². The molecule has 1 fully saturated rings. The molecular formula is C14H19N3O3. The number of nitro groups is 1. The van der Waals surface area contributed by atoms with Crippen LogP contribution in [0.25, 0.3) is 0 Å². The Hall–Kier alpha value is -1.95. The molecule has 0 radical (unpaired) electrons. The third-order valence-corrected chi connectivity index (χ3v) is 3.62. The highest BCUT2D eigenvalue weighted by Crippen LogP contribution is 2.21. The fraction of sp³-hybridized carbons (Fsp3) is 0.500. The van der Waals surface area contributed by atoms with Crippen LogP contribution in [0.5, 0.6) is 0 Å². The van der Waals surface area contributed by atoms with Gasteiger partial charge in [0.1, 0.15) is 0 Å². The molecule has 1 aliphatic rings. The van der Waals surface area contributed by atoms with Gasteiger partial charge in [0.2, 0.25) is 5.91 Å². The number of nitrogens with zero attached hydrogens (tertiary/aromatic N) is 1. The summed E-state index contributed by atoms with van der Waals surface area (Å²) in [5.74, 6) is -0.476. The van der Waals surface area contributed by atoms with E-state index < -0.39 is 10.8 Å². The second-order valence-corrected chi connectivity index (χ2v) is 5.13. The Morgan fingerprint density at radius 3 is 3.00 bits per heavy atom. The zero-order chi connectivity index (χ0) is 14.5. The molecule has 2 N–H and O–H groups in total. The highest BCUT2D eigenvalue weighted by atomic mass is 16.6. The van der Waals surface area contributed by atoms with Gasteiger partial charge in [-0.05, 0) is 31.9 Å². The Balaban J connectivity index is 2.02. The van der Waals surface area contributed by atoms with Crippen LogP contribution in [-0.2, 0) is 4.79 Å². The predicted octanol–water partition coefficient (Wildman–Crippen LogP) is 1.57. The third-order valence-electron chi connectivity index (χ3n) is 3.62. The van der Waals surface area contributed by atoms with Gasteiger partial charge in [0.05, 0.1) is 10.8 Å². The summed E-state index contributed by atoms with van der Waals surface area (Å²) in [5, 5.41) is 17.0. The van der Waals surface area contributed by atoms with Gasteiger partial charge < -0.3 is 10.6 Å². The van der Waals surface area contributed by atoms with Crippen molar-refractivity contribution in [2.24, 2.45) is 0 Å². The van der Waals surface area contributed by atoms with Gasteiger partial charge in [0.15, 0.2) is 0 Å². The van der Waals surface area contributed by atoms with Crippen LogP contribution in [0.1, 0.15) is 31.2 Å². The minimum absolute atomic E-state index is 0.0153. The summed E-state index contributed by atoms with van der Waals surface area (Å²) in [6.07, 6.45) is 2.02. The lowest BCUT2D eigenvalue weighted by molar-refractivity contribution is -0.384. The predicted molar refractivity (Wildman–Crippen MR) is 75.5 cm³/mol. The summed E-state index contributed by atoms with van der Waals surface area (Å²) < 4.78 is 0. The number of benzene rings is 1. The number of hydrogen-bond donors (Lipinski definition) is 2. The molecule has 1 amide bonds. The highest BCUT2D eigenvalue weighted by Gasteiger charge is 2.21. The third kappa shape index (κ3) is 3.54. The van der Waals surface area contributed by atoms with Gasteiger partial charge in [-0.2, -0.15) is 0 Å². The van der Waals surface area contributed by atoms with Crippen molar-refractivity contribution in [3.8, 4) is 0 Å². The van der Waals surface area contributed by atoms with Crippen molar-refractivity contribution in [1.29, 1.82) is 0 Å². The van der Waals surface area contributed by atoms with E-state index in [1.807, 2.05) is 0 Å². The van der Waals surface area contributed by atoms with E-state index in [2.05, 4.69) is 10.6 Å². The first-order valence-corrected chi connectivity index (χ1v) is 6.83. The highest BCUT2D eigenvalue weighted by molar-refractivity contribution is 5.83. The first-order chi connectivity index (χ1) is 9.58. The monoisotopic (exact) mass is 277 g/mol. The van der Waals surface area contributed by atoms with E-state index in [4.69, 9.17) is 0 Å². The SMILES string of the molecule is CC(C(=O)N[C@@H]1CCCNC1)c1cccc([N+](=O)[O-])c1. The number of nitrogens with one attached hydrogen (secondary N) is 2. The number of nitro benzene ring substituents is 1. The first-order valence-electron chi connectivity index (χ1n) is 6.83. The molecule has 1 aromatic rings. The molecule has 0 bridgehead atoms. The maximum absolute atomic E-state index is 12.2. The molecular weight excluding hydrogens is 258 g/mol. The number of rotatable bonds is 4. The van der Waals surface area contributed by atoms with Gasteiger partial charge in [-0.3, -0.25) is 14.9 Å². The molecule has 2 rings (SSSR count). The van der Waals surface area contributed by atoms with Crippen LogP contribution < -0.4 is 10.6 Å². The van der Waals surface area contributed by atoms with Gasteiger partial charge in [0.25, 0.3) is 5.69 Å². The molecule has 2 atom stereocenters. The fourth-order valence-electron chi connectivity index (χ4n) is 2.36. The van der Waals surface area contributed by atoms with Crippen molar-refractivity contribution in [2.75, 3.05) is 13.1 Å². The molecule has 1 aliphatic heterocycles. The smallest absolute Gasteiger partial charge is 0.269 e. The van der Waals surface area contributed by atoms with Crippen LogP contribution in [0.3, 0.4) is 0 Å². The van der Waals surface area contributed by atoms with Crippen LogP contribution in [0.2, 0.25) is 0 Å². The summed E-state index contributed by atoms with van der Waals surface area (Å²) in [5.41, 5.74) is 0.682. The van der Waals surface area contributed by atoms with Gasteiger partial charge in [0, 0.05) is 24.7 Å². The van der Waals surface area contributed by atoms with Gasteiger partial charge in [-0.25, -0.2) is 0 Å². The molecule has 6 heteroatoms. The van der Waals surface area contributed by atoms with Crippen LogP contribution in [-0.4, -0.2) is 30.0 Å².